The smallest absolute Gasteiger partial charge is 0.115 e. The minimum atomic E-state index is 0.126. The molecular weight excluding hydrogens is 198 g/mol. The van der Waals surface area contributed by atoms with Gasteiger partial charge in [0.25, 0.3) is 0 Å². The summed E-state index contributed by atoms with van der Waals surface area (Å²) < 4.78 is 5.60. The lowest BCUT2D eigenvalue weighted by Crippen LogP contribution is -2.41. The summed E-state index contributed by atoms with van der Waals surface area (Å²) in [5, 5.41) is 7.00. The van der Waals surface area contributed by atoms with Gasteiger partial charge >= 0.3 is 0 Å². The van der Waals surface area contributed by atoms with Crippen LogP contribution in [0.4, 0.5) is 0 Å². The Hall–Kier alpha value is 0.230. The molecule has 0 aromatic carbocycles. The van der Waals surface area contributed by atoms with Gasteiger partial charge in [-0.1, -0.05) is 6.92 Å². The van der Waals surface area contributed by atoms with Crippen LogP contribution in [0.1, 0.15) is 19.8 Å². The first-order valence-electron chi connectivity index (χ1n) is 5.05. The van der Waals surface area contributed by atoms with Gasteiger partial charge in [0.05, 0.1) is 0 Å². The molecule has 1 N–H and O–H groups in total. The molecule has 86 valence electrons. The number of rotatable bonds is 3. The molecule has 0 unspecified atom stereocenters. The Balaban J connectivity index is 0.000000791. The molecule has 3 nitrogen and oxygen atoms in total. The third kappa shape index (κ3) is 4.17. The van der Waals surface area contributed by atoms with Crippen molar-refractivity contribution in [1.29, 1.82) is 0 Å². The van der Waals surface area contributed by atoms with E-state index in [2.05, 4.69) is 18.9 Å². The normalized spacial score (nSPS) is 21.2. The maximum atomic E-state index is 7.00. The molecule has 1 aliphatic rings. The molecule has 0 spiro atoms. The molecule has 1 fully saturated rings. The molecule has 0 radical (unpaired) electrons. The van der Waals surface area contributed by atoms with Crippen molar-refractivity contribution in [3.63, 3.8) is 0 Å². The number of likely N-dealkylation sites (tertiary alicyclic amines) is 1. The van der Waals surface area contributed by atoms with Crippen LogP contribution in [0.2, 0.25) is 0 Å². The molecule has 1 aliphatic heterocycles. The molecule has 1 saturated heterocycles. The first kappa shape index (κ1) is 14.2. The van der Waals surface area contributed by atoms with Gasteiger partial charge in [-0.05, 0) is 25.6 Å². The summed E-state index contributed by atoms with van der Waals surface area (Å²) in [4.78, 5) is 2.49. The Morgan fingerprint density at radius 1 is 1.36 bits per heavy atom. The summed E-state index contributed by atoms with van der Waals surface area (Å²) in [7, 11) is 5.02. The van der Waals surface area contributed by atoms with Crippen LogP contribution in [0.25, 0.3) is 0 Å². The van der Waals surface area contributed by atoms with Gasteiger partial charge in [-0.15, -0.1) is 11.8 Å². The number of methoxy groups -OCH3 is 1. The van der Waals surface area contributed by atoms with Gasteiger partial charge in [0.15, 0.2) is 0 Å². The topological polar surface area (TPSA) is 32.7 Å². The van der Waals surface area contributed by atoms with Gasteiger partial charge in [0, 0.05) is 27.3 Å². The first-order valence-corrected chi connectivity index (χ1v) is 6.03. The van der Waals surface area contributed by atoms with Crippen molar-refractivity contribution in [3.05, 3.63) is 0 Å². The molecular formula is C10H23NO2S. The summed E-state index contributed by atoms with van der Waals surface area (Å²) in [6.07, 6.45) is 2.33. The van der Waals surface area contributed by atoms with Gasteiger partial charge in [0.2, 0.25) is 0 Å². The predicted octanol–water partition coefficient (Wildman–Crippen LogP) is 1.42. The van der Waals surface area contributed by atoms with E-state index in [1.807, 2.05) is 18.9 Å². The summed E-state index contributed by atoms with van der Waals surface area (Å²) in [6.45, 7) is 4.53. The van der Waals surface area contributed by atoms with E-state index in [1.54, 1.807) is 0 Å². The highest BCUT2D eigenvalue weighted by Crippen LogP contribution is 2.36. The van der Waals surface area contributed by atoms with Crippen LogP contribution in [-0.4, -0.2) is 55.0 Å². The van der Waals surface area contributed by atoms with Gasteiger partial charge in [-0.3, -0.25) is 0 Å². The largest absolute Gasteiger partial charge is 0.400 e. The van der Waals surface area contributed by atoms with Gasteiger partial charge in [-0.2, -0.15) is 0 Å². The number of aliphatic hydroxyl groups excluding tert-OH is 1. The second kappa shape index (κ2) is 7.51. The number of aliphatic hydroxyl groups is 1. The standard InChI is InChI=1S/C9H19NOS.CH4O/c1-4-12-9(11-3)5-7-10(2)8-6-9;1-2/h4-8H2,1-3H3;2H,1H3. The number of nitrogens with zero attached hydrogens (tertiary/aromatic N) is 1. The molecule has 4 heteroatoms. The maximum Gasteiger partial charge on any atom is 0.115 e. The van der Waals surface area contributed by atoms with E-state index in [-0.39, 0.29) is 4.93 Å². The molecule has 14 heavy (non-hydrogen) atoms. The van der Waals surface area contributed by atoms with Crippen molar-refractivity contribution >= 4 is 11.8 Å². The highest BCUT2D eigenvalue weighted by atomic mass is 32.2. The average molecular weight is 221 g/mol. The zero-order valence-electron chi connectivity index (χ0n) is 9.75. The van der Waals surface area contributed by atoms with Crippen LogP contribution in [0.5, 0.6) is 0 Å². The fourth-order valence-corrected chi connectivity index (χ4v) is 2.74. The fourth-order valence-electron chi connectivity index (χ4n) is 1.63. The van der Waals surface area contributed by atoms with E-state index in [9.17, 15) is 0 Å². The molecule has 0 bridgehead atoms. The summed E-state index contributed by atoms with van der Waals surface area (Å²) in [5.41, 5.74) is 0. The highest BCUT2D eigenvalue weighted by Gasteiger charge is 2.33. The Labute approximate surface area is 91.8 Å². The molecule has 0 aliphatic carbocycles. The number of piperidine rings is 1. The third-order valence-corrected chi connectivity index (χ3v) is 3.92. The van der Waals surface area contributed by atoms with Crippen molar-refractivity contribution < 1.29 is 9.84 Å². The van der Waals surface area contributed by atoms with Crippen LogP contribution in [0.15, 0.2) is 0 Å². The number of ether oxygens (including phenoxy) is 1. The molecule has 0 saturated carbocycles. The fraction of sp³-hybridized carbons (Fsp3) is 1.00. The second-order valence-electron chi connectivity index (χ2n) is 3.35. The van der Waals surface area contributed by atoms with E-state index in [4.69, 9.17) is 9.84 Å². The van der Waals surface area contributed by atoms with E-state index in [1.165, 1.54) is 25.9 Å². The minimum Gasteiger partial charge on any atom is -0.400 e. The molecule has 0 aromatic rings. The SMILES string of the molecule is CCSC1(OC)CCN(C)CC1.CO. The zero-order valence-corrected chi connectivity index (χ0v) is 10.6. The van der Waals surface area contributed by atoms with E-state index < -0.39 is 0 Å². The minimum absolute atomic E-state index is 0.126. The Morgan fingerprint density at radius 3 is 2.21 bits per heavy atom. The molecule has 1 heterocycles. The predicted molar refractivity (Wildman–Crippen MR) is 62.7 cm³/mol. The Bertz CT molecular complexity index is 136. The Morgan fingerprint density at radius 2 is 1.86 bits per heavy atom. The maximum absolute atomic E-state index is 7.00. The zero-order chi connectivity index (χ0) is 11.0. The number of hydrogen-bond donors (Lipinski definition) is 1. The molecule has 0 aromatic heterocycles. The van der Waals surface area contributed by atoms with E-state index >= 15 is 0 Å². The highest BCUT2D eigenvalue weighted by molar-refractivity contribution is 8.00. The van der Waals surface area contributed by atoms with Gasteiger partial charge in [0.1, 0.15) is 4.93 Å². The van der Waals surface area contributed by atoms with Crippen LogP contribution >= 0.6 is 11.8 Å². The summed E-state index contributed by atoms with van der Waals surface area (Å²) >= 11 is 1.95. The van der Waals surface area contributed by atoms with Crippen LogP contribution in [0, 0.1) is 0 Å². The summed E-state index contributed by atoms with van der Waals surface area (Å²) in [5.74, 6) is 1.15. The van der Waals surface area contributed by atoms with Crippen molar-refractivity contribution in [1.82, 2.24) is 4.90 Å². The second-order valence-corrected chi connectivity index (χ2v) is 4.96. The van der Waals surface area contributed by atoms with Crippen LogP contribution in [-0.2, 0) is 4.74 Å². The van der Waals surface area contributed by atoms with Gasteiger partial charge < -0.3 is 14.7 Å². The quantitative estimate of drug-likeness (QED) is 0.731. The molecule has 1 rings (SSSR count). The van der Waals surface area contributed by atoms with Crippen molar-refractivity contribution in [2.24, 2.45) is 0 Å². The average Bonchev–Trinajstić information content (AvgIpc) is 2.25. The van der Waals surface area contributed by atoms with Gasteiger partial charge in [-0.25, -0.2) is 0 Å². The van der Waals surface area contributed by atoms with Crippen LogP contribution < -0.4 is 0 Å². The van der Waals surface area contributed by atoms with E-state index in [0.717, 1.165) is 12.9 Å². The first-order chi connectivity index (χ1) is 6.72. The van der Waals surface area contributed by atoms with Crippen molar-refractivity contribution in [2.45, 2.75) is 24.7 Å². The lowest BCUT2D eigenvalue weighted by molar-refractivity contribution is 0.0200. The van der Waals surface area contributed by atoms with Crippen molar-refractivity contribution in [3.8, 4) is 0 Å². The lowest BCUT2D eigenvalue weighted by atomic mass is 10.1. The molecule has 0 atom stereocenters. The molecule has 0 amide bonds. The summed E-state index contributed by atoms with van der Waals surface area (Å²) in [6, 6.07) is 0. The monoisotopic (exact) mass is 221 g/mol. The van der Waals surface area contributed by atoms with E-state index in [0.29, 0.717) is 0 Å². The Kier molecular flexibility index (Phi) is 7.64. The number of thioether (sulfide) groups is 1. The third-order valence-electron chi connectivity index (χ3n) is 2.53. The van der Waals surface area contributed by atoms with Crippen LogP contribution in [0.3, 0.4) is 0 Å². The number of hydrogen-bond acceptors (Lipinski definition) is 4. The lowest BCUT2D eigenvalue weighted by Gasteiger charge is -2.38. The van der Waals surface area contributed by atoms with Crippen molar-refractivity contribution in [2.75, 3.05) is 40.1 Å².